The second-order valence-electron chi connectivity index (χ2n) is 4.39. The van der Waals surface area contributed by atoms with Crippen LogP contribution in [0.4, 0.5) is 0 Å². The number of pyridine rings is 1. The summed E-state index contributed by atoms with van der Waals surface area (Å²) in [6.45, 7) is 7.92. The molecular formula is C15H19N3. The van der Waals surface area contributed by atoms with Crippen molar-refractivity contribution in [3.8, 4) is 0 Å². The normalized spacial score (nSPS) is 11.5. The molecule has 0 aromatic carbocycles. The maximum absolute atomic E-state index is 4.65. The van der Waals surface area contributed by atoms with Gasteiger partial charge in [-0.3, -0.25) is 4.98 Å². The van der Waals surface area contributed by atoms with Gasteiger partial charge in [0.1, 0.15) is 11.3 Å². The van der Waals surface area contributed by atoms with Gasteiger partial charge in [-0.05, 0) is 20.3 Å². The lowest BCUT2D eigenvalue weighted by atomic mass is 10.1. The minimum atomic E-state index is 0.950. The molecule has 2 rings (SSSR count). The van der Waals surface area contributed by atoms with Crippen LogP contribution in [-0.4, -0.2) is 14.5 Å². The molecule has 3 nitrogen and oxygen atoms in total. The average Bonchev–Trinajstić information content (AvgIpc) is 2.68. The van der Waals surface area contributed by atoms with Gasteiger partial charge >= 0.3 is 0 Å². The lowest BCUT2D eigenvalue weighted by molar-refractivity contribution is 0.796. The van der Waals surface area contributed by atoms with E-state index < -0.39 is 0 Å². The van der Waals surface area contributed by atoms with Crippen LogP contribution in [0, 0.1) is 6.92 Å². The summed E-state index contributed by atoms with van der Waals surface area (Å²) in [5.41, 5.74) is 4.17. The van der Waals surface area contributed by atoms with Gasteiger partial charge in [-0.2, -0.15) is 0 Å². The molecule has 0 aliphatic rings. The second-order valence-corrected chi connectivity index (χ2v) is 4.39. The largest absolute Gasteiger partial charge is 0.331 e. The number of hydrogen-bond acceptors (Lipinski definition) is 2. The number of aromatic nitrogens is 3. The summed E-state index contributed by atoms with van der Waals surface area (Å²) >= 11 is 0. The van der Waals surface area contributed by atoms with Crippen LogP contribution in [0.5, 0.6) is 0 Å². The van der Waals surface area contributed by atoms with Gasteiger partial charge in [0.25, 0.3) is 0 Å². The maximum Gasteiger partial charge on any atom is 0.109 e. The minimum absolute atomic E-state index is 0.950. The van der Waals surface area contributed by atoms with E-state index in [1.165, 1.54) is 0 Å². The van der Waals surface area contributed by atoms with Crippen molar-refractivity contribution in [1.29, 1.82) is 0 Å². The Labute approximate surface area is 108 Å². The number of nitrogens with zero attached hydrogens (tertiary/aromatic N) is 3. The van der Waals surface area contributed by atoms with Gasteiger partial charge in [0.2, 0.25) is 0 Å². The fourth-order valence-corrected chi connectivity index (χ4v) is 2.22. The van der Waals surface area contributed by atoms with Crippen LogP contribution < -0.4 is 0 Å². The Morgan fingerprint density at radius 1 is 1.44 bits per heavy atom. The summed E-state index contributed by atoms with van der Waals surface area (Å²) in [7, 11) is 2.06. The molecule has 0 spiro atoms. The summed E-state index contributed by atoms with van der Waals surface area (Å²) in [6.07, 6.45) is 9.91. The van der Waals surface area contributed by atoms with Gasteiger partial charge in [0.05, 0.1) is 11.7 Å². The van der Waals surface area contributed by atoms with Gasteiger partial charge in [-0.15, -0.1) is 0 Å². The first-order valence-electron chi connectivity index (χ1n) is 6.23. The number of allylic oxidation sites excluding steroid dienone is 2. The summed E-state index contributed by atoms with van der Waals surface area (Å²) in [5, 5.41) is 0. The maximum atomic E-state index is 4.65. The third-order valence-electron chi connectivity index (χ3n) is 3.21. The molecule has 0 aliphatic carbocycles. The van der Waals surface area contributed by atoms with Gasteiger partial charge in [-0.25, -0.2) is 4.98 Å². The Bertz CT molecular complexity index is 606. The van der Waals surface area contributed by atoms with Crippen LogP contribution in [0.1, 0.15) is 30.4 Å². The van der Waals surface area contributed by atoms with E-state index in [-0.39, 0.29) is 0 Å². The number of rotatable bonds is 4. The molecule has 2 aromatic rings. The molecule has 0 saturated heterocycles. The molecular weight excluding hydrogens is 222 g/mol. The van der Waals surface area contributed by atoms with Crippen LogP contribution in [0.25, 0.3) is 17.1 Å². The lowest BCUT2D eigenvalue weighted by Crippen LogP contribution is -1.99. The van der Waals surface area contributed by atoms with E-state index in [4.69, 9.17) is 0 Å². The monoisotopic (exact) mass is 241 g/mol. The standard InChI is InChI=1S/C15H19N3/c1-5-7-8-9-14-17-13-10-16-11(3)12(6-2)15(13)18(14)4/h5-7,10H,2,8-9H2,1,3-4H3/b7-5-. The quantitative estimate of drug-likeness (QED) is 0.768. The van der Waals surface area contributed by atoms with Gasteiger partial charge < -0.3 is 4.57 Å². The van der Waals surface area contributed by atoms with E-state index in [0.717, 1.165) is 41.0 Å². The van der Waals surface area contributed by atoms with Crippen molar-refractivity contribution in [2.45, 2.75) is 26.7 Å². The van der Waals surface area contributed by atoms with Crippen LogP contribution in [0.15, 0.2) is 24.9 Å². The van der Waals surface area contributed by atoms with Crippen LogP contribution >= 0.6 is 0 Å². The predicted octanol–water partition coefficient (Wildman–Crippen LogP) is 3.43. The Kier molecular flexibility index (Phi) is 3.60. The van der Waals surface area contributed by atoms with Crippen molar-refractivity contribution in [3.05, 3.63) is 42.0 Å². The van der Waals surface area contributed by atoms with Crippen LogP contribution in [0.3, 0.4) is 0 Å². The summed E-state index contributed by atoms with van der Waals surface area (Å²) in [4.78, 5) is 9.02. The number of imidazole rings is 1. The van der Waals surface area contributed by atoms with E-state index in [1.54, 1.807) is 0 Å². The fraction of sp³-hybridized carbons (Fsp3) is 0.333. The van der Waals surface area contributed by atoms with Crippen LogP contribution in [-0.2, 0) is 13.5 Å². The smallest absolute Gasteiger partial charge is 0.109 e. The molecule has 0 atom stereocenters. The highest BCUT2D eigenvalue weighted by Gasteiger charge is 2.11. The molecule has 94 valence electrons. The fourth-order valence-electron chi connectivity index (χ4n) is 2.22. The highest BCUT2D eigenvalue weighted by Crippen LogP contribution is 2.22. The SMILES string of the molecule is C=Cc1c(C)ncc2nc(CC/C=C\C)n(C)c12. The zero-order valence-electron chi connectivity index (χ0n) is 11.3. The molecule has 2 aromatic heterocycles. The molecule has 0 N–H and O–H groups in total. The van der Waals surface area contributed by atoms with Crippen molar-refractivity contribution in [2.24, 2.45) is 7.05 Å². The van der Waals surface area contributed by atoms with Crippen molar-refractivity contribution < 1.29 is 0 Å². The number of fused-ring (bicyclic) bond motifs is 1. The molecule has 0 aliphatic heterocycles. The molecule has 0 saturated carbocycles. The highest BCUT2D eigenvalue weighted by molar-refractivity contribution is 5.85. The molecule has 3 heteroatoms. The third-order valence-corrected chi connectivity index (χ3v) is 3.21. The van der Waals surface area contributed by atoms with E-state index in [1.807, 2.05) is 26.1 Å². The van der Waals surface area contributed by atoms with Crippen molar-refractivity contribution >= 4 is 17.1 Å². The summed E-state index contributed by atoms with van der Waals surface area (Å²) in [5.74, 6) is 1.10. The number of hydrogen-bond donors (Lipinski definition) is 0. The Hall–Kier alpha value is -1.90. The first-order valence-corrected chi connectivity index (χ1v) is 6.23. The Morgan fingerprint density at radius 2 is 2.22 bits per heavy atom. The predicted molar refractivity (Wildman–Crippen MR) is 76.5 cm³/mol. The zero-order valence-corrected chi connectivity index (χ0v) is 11.3. The van der Waals surface area contributed by atoms with Crippen molar-refractivity contribution in [1.82, 2.24) is 14.5 Å². The molecule has 0 unspecified atom stereocenters. The molecule has 0 radical (unpaired) electrons. The molecule has 18 heavy (non-hydrogen) atoms. The highest BCUT2D eigenvalue weighted by atomic mass is 15.1. The molecule has 0 bridgehead atoms. The number of aryl methyl sites for hydroxylation is 3. The molecule has 0 fully saturated rings. The van der Waals surface area contributed by atoms with Gasteiger partial charge in [0.15, 0.2) is 0 Å². The Balaban J connectivity index is 2.52. The molecule has 2 heterocycles. The Morgan fingerprint density at radius 3 is 2.89 bits per heavy atom. The summed E-state index contributed by atoms with van der Waals surface area (Å²) in [6, 6.07) is 0. The van der Waals surface area contributed by atoms with E-state index >= 15 is 0 Å². The van der Waals surface area contributed by atoms with Crippen molar-refractivity contribution in [3.63, 3.8) is 0 Å². The van der Waals surface area contributed by atoms with Gasteiger partial charge in [0, 0.05) is 24.7 Å². The summed E-state index contributed by atoms with van der Waals surface area (Å²) < 4.78 is 2.16. The topological polar surface area (TPSA) is 30.7 Å². The minimum Gasteiger partial charge on any atom is -0.331 e. The van der Waals surface area contributed by atoms with Crippen molar-refractivity contribution in [2.75, 3.05) is 0 Å². The third kappa shape index (κ3) is 2.08. The average molecular weight is 241 g/mol. The lowest BCUT2D eigenvalue weighted by Gasteiger charge is -2.04. The molecule has 0 amide bonds. The first-order chi connectivity index (χ1) is 8.69. The zero-order chi connectivity index (χ0) is 13.1. The van der Waals surface area contributed by atoms with E-state index in [9.17, 15) is 0 Å². The first kappa shape index (κ1) is 12.6. The van der Waals surface area contributed by atoms with Gasteiger partial charge in [-0.1, -0.05) is 24.8 Å². The second kappa shape index (κ2) is 5.17. The van der Waals surface area contributed by atoms with E-state index in [2.05, 4.69) is 40.3 Å². The van der Waals surface area contributed by atoms with E-state index in [0.29, 0.717) is 0 Å². The van der Waals surface area contributed by atoms with Crippen LogP contribution in [0.2, 0.25) is 0 Å².